The number of nitrogens with zero attached hydrogens (tertiary/aromatic N) is 2. The maximum Gasteiger partial charge on any atom is 0.325 e. The summed E-state index contributed by atoms with van der Waals surface area (Å²) in [5.41, 5.74) is 0.755. The Morgan fingerprint density at radius 1 is 1.15 bits per heavy atom. The zero-order valence-electron chi connectivity index (χ0n) is 15.7. The molecule has 1 atom stereocenters. The summed E-state index contributed by atoms with van der Waals surface area (Å²) < 4.78 is 10.5. The van der Waals surface area contributed by atoms with Crippen LogP contribution in [0.2, 0.25) is 0 Å². The highest BCUT2D eigenvalue weighted by molar-refractivity contribution is 6.04. The molecule has 0 aliphatic carbocycles. The van der Waals surface area contributed by atoms with Gasteiger partial charge in [0.05, 0.1) is 20.8 Å². The number of ether oxygens (including phenoxy) is 2. The van der Waals surface area contributed by atoms with E-state index in [1.807, 2.05) is 4.90 Å². The number of imide groups is 1. The second kappa shape index (κ2) is 8.28. The van der Waals surface area contributed by atoms with Gasteiger partial charge in [-0.25, -0.2) is 4.79 Å². The van der Waals surface area contributed by atoms with Gasteiger partial charge in [0.2, 0.25) is 5.91 Å². The summed E-state index contributed by atoms with van der Waals surface area (Å²) >= 11 is 0. The van der Waals surface area contributed by atoms with Gasteiger partial charge in [0.15, 0.2) is 11.5 Å². The van der Waals surface area contributed by atoms with Crippen LogP contribution in [0.25, 0.3) is 0 Å². The number of carbonyl (C=O) groups excluding carboxylic acids is 3. The van der Waals surface area contributed by atoms with E-state index < -0.39 is 12.1 Å². The first-order chi connectivity index (χ1) is 13.0. The number of hydrogen-bond donors (Lipinski definition) is 1. The molecule has 1 aromatic rings. The number of carbonyl (C=O) groups is 3. The Hall–Kier alpha value is -2.77. The lowest BCUT2D eigenvalue weighted by Crippen LogP contribution is -2.33. The van der Waals surface area contributed by atoms with E-state index in [2.05, 4.69) is 5.32 Å². The molecule has 2 aliphatic heterocycles. The number of rotatable bonds is 7. The Bertz CT molecular complexity index is 730. The van der Waals surface area contributed by atoms with Crippen LogP contribution >= 0.6 is 0 Å². The van der Waals surface area contributed by atoms with Crippen molar-refractivity contribution in [2.45, 2.75) is 38.3 Å². The summed E-state index contributed by atoms with van der Waals surface area (Å²) in [5.74, 6) is 0.864. The number of hydrogen-bond acceptors (Lipinski definition) is 5. The van der Waals surface area contributed by atoms with Gasteiger partial charge >= 0.3 is 6.03 Å². The lowest BCUT2D eigenvalue weighted by atomic mass is 10.1. The Labute approximate surface area is 158 Å². The minimum absolute atomic E-state index is 0.0490. The highest BCUT2D eigenvalue weighted by Gasteiger charge is 2.38. The number of urea groups is 1. The molecular weight excluding hydrogens is 350 g/mol. The van der Waals surface area contributed by atoms with Crippen LogP contribution in [-0.2, 0) is 16.1 Å². The number of benzene rings is 1. The molecule has 3 rings (SSSR count). The first-order valence-electron chi connectivity index (χ1n) is 9.14. The number of nitrogens with one attached hydrogen (secondary N) is 1. The summed E-state index contributed by atoms with van der Waals surface area (Å²) in [7, 11) is 3.08. The summed E-state index contributed by atoms with van der Waals surface area (Å²) in [4.78, 5) is 40.0. The molecule has 0 spiro atoms. The standard InChI is InChI=1S/C19H25N3O5/c1-26-15-7-5-13(11-16(15)27-2)12-22-18(24)14(20-19(22)25)6-8-17(23)21-9-3-4-10-21/h5,7,11,14H,3-4,6,8-10,12H2,1-2H3,(H,20,25). The van der Waals surface area contributed by atoms with Crippen LogP contribution < -0.4 is 14.8 Å². The molecule has 0 bridgehead atoms. The van der Waals surface area contributed by atoms with Gasteiger partial charge in [-0.15, -0.1) is 0 Å². The topological polar surface area (TPSA) is 88.2 Å². The molecular formula is C19H25N3O5. The van der Waals surface area contributed by atoms with E-state index in [0.29, 0.717) is 17.9 Å². The van der Waals surface area contributed by atoms with Gasteiger partial charge in [-0.3, -0.25) is 14.5 Å². The van der Waals surface area contributed by atoms with Crippen molar-refractivity contribution in [3.63, 3.8) is 0 Å². The molecule has 0 aromatic heterocycles. The van der Waals surface area contributed by atoms with E-state index in [0.717, 1.165) is 31.5 Å². The Morgan fingerprint density at radius 2 is 1.85 bits per heavy atom. The summed E-state index contributed by atoms with van der Waals surface area (Å²) in [5, 5.41) is 2.68. The second-order valence-electron chi connectivity index (χ2n) is 6.74. The molecule has 2 aliphatic rings. The molecule has 146 valence electrons. The molecule has 1 unspecified atom stereocenters. The van der Waals surface area contributed by atoms with E-state index in [9.17, 15) is 14.4 Å². The van der Waals surface area contributed by atoms with Gasteiger partial charge in [0.1, 0.15) is 6.04 Å². The van der Waals surface area contributed by atoms with Gasteiger partial charge in [-0.05, 0) is 37.0 Å². The van der Waals surface area contributed by atoms with Crippen molar-refractivity contribution in [2.75, 3.05) is 27.3 Å². The fourth-order valence-corrected chi connectivity index (χ4v) is 3.48. The Balaban J connectivity index is 1.59. The lowest BCUT2D eigenvalue weighted by Gasteiger charge is -2.16. The van der Waals surface area contributed by atoms with Crippen LogP contribution in [0.3, 0.4) is 0 Å². The van der Waals surface area contributed by atoms with Crippen LogP contribution in [0.4, 0.5) is 4.79 Å². The van der Waals surface area contributed by atoms with Crippen molar-refractivity contribution in [3.8, 4) is 11.5 Å². The van der Waals surface area contributed by atoms with Crippen molar-refractivity contribution in [2.24, 2.45) is 0 Å². The normalized spacial score (nSPS) is 19.4. The molecule has 1 aromatic carbocycles. The highest BCUT2D eigenvalue weighted by Crippen LogP contribution is 2.28. The molecule has 2 fully saturated rings. The Kier molecular flexibility index (Phi) is 5.83. The van der Waals surface area contributed by atoms with Crippen molar-refractivity contribution < 1.29 is 23.9 Å². The maximum absolute atomic E-state index is 12.6. The van der Waals surface area contributed by atoms with Crippen LogP contribution in [0.15, 0.2) is 18.2 Å². The monoisotopic (exact) mass is 375 g/mol. The predicted molar refractivity (Wildman–Crippen MR) is 97.5 cm³/mol. The molecule has 2 saturated heterocycles. The smallest absolute Gasteiger partial charge is 0.325 e. The van der Waals surface area contributed by atoms with E-state index >= 15 is 0 Å². The molecule has 0 saturated carbocycles. The van der Waals surface area contributed by atoms with Gasteiger partial charge in [0, 0.05) is 19.5 Å². The maximum atomic E-state index is 12.6. The second-order valence-corrected chi connectivity index (χ2v) is 6.74. The number of methoxy groups -OCH3 is 2. The third-order valence-electron chi connectivity index (χ3n) is 5.00. The van der Waals surface area contributed by atoms with Crippen molar-refractivity contribution in [1.29, 1.82) is 0 Å². The molecule has 1 N–H and O–H groups in total. The predicted octanol–water partition coefficient (Wildman–Crippen LogP) is 1.53. The molecule has 27 heavy (non-hydrogen) atoms. The van der Waals surface area contributed by atoms with Crippen LogP contribution in [0.1, 0.15) is 31.2 Å². The van der Waals surface area contributed by atoms with Crippen molar-refractivity contribution >= 4 is 17.8 Å². The lowest BCUT2D eigenvalue weighted by molar-refractivity contribution is -0.131. The van der Waals surface area contributed by atoms with Crippen molar-refractivity contribution in [3.05, 3.63) is 23.8 Å². The van der Waals surface area contributed by atoms with E-state index in [1.165, 1.54) is 12.0 Å². The molecule has 8 nitrogen and oxygen atoms in total. The van der Waals surface area contributed by atoms with Crippen LogP contribution in [-0.4, -0.2) is 61.0 Å². The third-order valence-corrected chi connectivity index (χ3v) is 5.00. The zero-order chi connectivity index (χ0) is 19.4. The summed E-state index contributed by atoms with van der Waals surface area (Å²) in [6, 6.07) is 4.17. The van der Waals surface area contributed by atoms with E-state index in [-0.39, 0.29) is 24.8 Å². The summed E-state index contributed by atoms with van der Waals surface area (Å²) in [6.45, 7) is 1.71. The number of likely N-dealkylation sites (tertiary alicyclic amines) is 1. The minimum atomic E-state index is -0.649. The highest BCUT2D eigenvalue weighted by atomic mass is 16.5. The van der Waals surface area contributed by atoms with Gasteiger partial charge in [-0.2, -0.15) is 0 Å². The quantitative estimate of drug-likeness (QED) is 0.730. The van der Waals surface area contributed by atoms with Gasteiger partial charge in [0.25, 0.3) is 5.91 Å². The average Bonchev–Trinajstić information content (AvgIpc) is 3.30. The van der Waals surface area contributed by atoms with Gasteiger partial charge in [-0.1, -0.05) is 6.07 Å². The number of amides is 4. The van der Waals surface area contributed by atoms with Crippen molar-refractivity contribution in [1.82, 2.24) is 15.1 Å². The van der Waals surface area contributed by atoms with Crippen LogP contribution in [0, 0.1) is 0 Å². The van der Waals surface area contributed by atoms with E-state index in [1.54, 1.807) is 25.3 Å². The molecule has 2 heterocycles. The largest absolute Gasteiger partial charge is 0.493 e. The average molecular weight is 375 g/mol. The van der Waals surface area contributed by atoms with E-state index in [4.69, 9.17) is 9.47 Å². The molecule has 4 amide bonds. The molecule has 8 heteroatoms. The summed E-state index contributed by atoms with van der Waals surface area (Å²) in [6.07, 6.45) is 2.65. The zero-order valence-corrected chi connectivity index (χ0v) is 15.7. The molecule has 0 radical (unpaired) electrons. The first-order valence-corrected chi connectivity index (χ1v) is 9.14. The third kappa shape index (κ3) is 4.15. The Morgan fingerprint density at radius 3 is 2.52 bits per heavy atom. The fraction of sp³-hybridized carbons (Fsp3) is 0.526. The minimum Gasteiger partial charge on any atom is -0.493 e. The van der Waals surface area contributed by atoms with Gasteiger partial charge < -0.3 is 19.7 Å². The van der Waals surface area contributed by atoms with Crippen LogP contribution in [0.5, 0.6) is 11.5 Å². The fourth-order valence-electron chi connectivity index (χ4n) is 3.48. The first kappa shape index (κ1) is 19.0. The SMILES string of the molecule is COc1ccc(CN2C(=O)NC(CCC(=O)N3CCCC3)C2=O)cc1OC.